The third-order valence-electron chi connectivity index (χ3n) is 4.02. The van der Waals surface area contributed by atoms with Crippen molar-refractivity contribution in [3.05, 3.63) is 28.8 Å². The molecule has 0 aromatic heterocycles. The van der Waals surface area contributed by atoms with Crippen molar-refractivity contribution >= 4 is 27.5 Å². The smallest absolute Gasteiger partial charge is 0.253 e. The van der Waals surface area contributed by atoms with Crippen LogP contribution in [-0.2, 0) is 10.0 Å². The highest BCUT2D eigenvalue weighted by atomic mass is 35.5. The molecule has 1 aromatic carbocycles. The first kappa shape index (κ1) is 18.7. The van der Waals surface area contributed by atoms with Crippen LogP contribution >= 0.6 is 11.6 Å². The van der Waals surface area contributed by atoms with Gasteiger partial charge in [-0.15, -0.1) is 0 Å². The van der Waals surface area contributed by atoms with Gasteiger partial charge >= 0.3 is 0 Å². The molecule has 6 nitrogen and oxygen atoms in total. The Kier molecular flexibility index (Phi) is 6.21. The first-order valence-corrected chi connectivity index (χ1v) is 9.62. The largest absolute Gasteiger partial charge is 0.341 e. The van der Waals surface area contributed by atoms with E-state index < -0.39 is 10.0 Å². The fourth-order valence-electron chi connectivity index (χ4n) is 2.62. The molecule has 0 spiro atoms. The number of hydrogen-bond donors (Lipinski definition) is 0. The van der Waals surface area contributed by atoms with Gasteiger partial charge in [-0.05, 0) is 31.0 Å². The SMILES string of the molecule is CN(CCC#N)C(=O)c1ccc(Cl)c(S(=O)(=O)N2CCCCC2)c1. The van der Waals surface area contributed by atoms with Gasteiger partial charge in [-0.1, -0.05) is 18.0 Å². The molecule has 130 valence electrons. The minimum absolute atomic E-state index is 0.0365. The average Bonchev–Trinajstić information content (AvgIpc) is 2.60. The number of carbonyl (C=O) groups excluding carboxylic acids is 1. The van der Waals surface area contributed by atoms with Gasteiger partial charge in [-0.3, -0.25) is 4.79 Å². The summed E-state index contributed by atoms with van der Waals surface area (Å²) in [5.74, 6) is -0.336. The molecule has 0 radical (unpaired) electrons. The minimum atomic E-state index is -3.71. The number of benzene rings is 1. The van der Waals surface area contributed by atoms with E-state index in [0.29, 0.717) is 13.1 Å². The van der Waals surface area contributed by atoms with Crippen LogP contribution in [0.2, 0.25) is 5.02 Å². The quantitative estimate of drug-likeness (QED) is 0.798. The fraction of sp³-hybridized carbons (Fsp3) is 0.500. The van der Waals surface area contributed by atoms with Crippen LogP contribution < -0.4 is 0 Å². The standard InChI is InChI=1S/C16H20ClN3O3S/c1-19(9-5-8-18)16(21)13-6-7-14(17)15(12-13)24(22,23)20-10-3-2-4-11-20/h6-7,12H,2-5,9-11H2,1H3. The van der Waals surface area contributed by atoms with E-state index in [1.807, 2.05) is 6.07 Å². The second-order valence-electron chi connectivity index (χ2n) is 5.74. The Morgan fingerprint density at radius 3 is 2.62 bits per heavy atom. The molecule has 1 aromatic rings. The highest BCUT2D eigenvalue weighted by Gasteiger charge is 2.29. The average molecular weight is 370 g/mol. The van der Waals surface area contributed by atoms with Crippen LogP contribution in [-0.4, -0.2) is 50.2 Å². The Morgan fingerprint density at radius 1 is 1.33 bits per heavy atom. The zero-order valence-electron chi connectivity index (χ0n) is 13.5. The molecule has 1 amide bonds. The topological polar surface area (TPSA) is 81.5 Å². The number of piperidine rings is 1. The minimum Gasteiger partial charge on any atom is -0.341 e. The number of rotatable bonds is 5. The second kappa shape index (κ2) is 7.97. The lowest BCUT2D eigenvalue weighted by atomic mass is 10.2. The Bertz CT molecular complexity index is 752. The predicted molar refractivity (Wildman–Crippen MR) is 91.3 cm³/mol. The number of halogens is 1. The van der Waals surface area contributed by atoms with E-state index in [0.717, 1.165) is 19.3 Å². The molecule has 0 aliphatic carbocycles. The maximum atomic E-state index is 12.8. The normalized spacial score (nSPS) is 15.7. The fourth-order valence-corrected chi connectivity index (χ4v) is 4.64. The van der Waals surface area contributed by atoms with Gasteiger partial charge in [0.25, 0.3) is 5.91 Å². The van der Waals surface area contributed by atoms with E-state index in [9.17, 15) is 13.2 Å². The summed E-state index contributed by atoms with van der Waals surface area (Å²) in [7, 11) is -2.14. The predicted octanol–water partition coefficient (Wildman–Crippen LogP) is 2.50. The van der Waals surface area contributed by atoms with Crippen molar-refractivity contribution in [1.29, 1.82) is 5.26 Å². The number of amides is 1. The Hall–Kier alpha value is -1.62. The van der Waals surface area contributed by atoms with Gasteiger partial charge in [0.1, 0.15) is 4.90 Å². The maximum absolute atomic E-state index is 12.8. The van der Waals surface area contributed by atoms with Gasteiger partial charge in [-0.2, -0.15) is 9.57 Å². The number of nitriles is 1. The molecule has 8 heteroatoms. The lowest BCUT2D eigenvalue weighted by Gasteiger charge is -2.26. The molecule has 0 saturated carbocycles. The maximum Gasteiger partial charge on any atom is 0.253 e. The van der Waals surface area contributed by atoms with Crippen molar-refractivity contribution in [3.8, 4) is 6.07 Å². The van der Waals surface area contributed by atoms with Gasteiger partial charge in [0.2, 0.25) is 10.0 Å². The van der Waals surface area contributed by atoms with Crippen molar-refractivity contribution < 1.29 is 13.2 Å². The summed E-state index contributed by atoms with van der Waals surface area (Å²) in [5.41, 5.74) is 0.246. The van der Waals surface area contributed by atoms with Crippen molar-refractivity contribution in [2.24, 2.45) is 0 Å². The first-order chi connectivity index (χ1) is 11.4. The van der Waals surface area contributed by atoms with E-state index >= 15 is 0 Å². The van der Waals surface area contributed by atoms with Gasteiger partial charge < -0.3 is 4.90 Å². The molecule has 24 heavy (non-hydrogen) atoms. The molecule has 1 aliphatic rings. The zero-order valence-corrected chi connectivity index (χ0v) is 15.1. The van der Waals surface area contributed by atoms with Crippen molar-refractivity contribution in [2.75, 3.05) is 26.7 Å². The van der Waals surface area contributed by atoms with Crippen LogP contribution in [0.4, 0.5) is 0 Å². The third-order valence-corrected chi connectivity index (χ3v) is 6.40. The summed E-state index contributed by atoms with van der Waals surface area (Å²) in [6, 6.07) is 6.24. The van der Waals surface area contributed by atoms with Crippen LogP contribution in [0.25, 0.3) is 0 Å². The van der Waals surface area contributed by atoms with Crippen molar-refractivity contribution in [3.63, 3.8) is 0 Å². The molecule has 1 fully saturated rings. The Morgan fingerprint density at radius 2 is 2.00 bits per heavy atom. The molecule has 2 rings (SSSR count). The zero-order chi connectivity index (χ0) is 17.7. The summed E-state index contributed by atoms with van der Waals surface area (Å²) in [6.07, 6.45) is 2.88. The first-order valence-electron chi connectivity index (χ1n) is 7.80. The number of carbonyl (C=O) groups is 1. The van der Waals surface area contributed by atoms with Gasteiger partial charge in [0.15, 0.2) is 0 Å². The van der Waals surface area contributed by atoms with E-state index in [2.05, 4.69) is 0 Å². The van der Waals surface area contributed by atoms with Crippen LogP contribution in [0.15, 0.2) is 23.1 Å². The lowest BCUT2D eigenvalue weighted by molar-refractivity contribution is 0.0798. The molecule has 0 atom stereocenters. The van der Waals surface area contributed by atoms with E-state index in [1.54, 1.807) is 7.05 Å². The summed E-state index contributed by atoms with van der Waals surface area (Å²) < 4.78 is 27.0. The molecule has 0 N–H and O–H groups in total. The van der Waals surface area contributed by atoms with Crippen LogP contribution in [0.1, 0.15) is 36.0 Å². The monoisotopic (exact) mass is 369 g/mol. The molecule has 1 heterocycles. The molecular formula is C16H20ClN3O3S. The summed E-state index contributed by atoms with van der Waals surface area (Å²) >= 11 is 6.09. The van der Waals surface area contributed by atoms with Crippen LogP contribution in [0.5, 0.6) is 0 Å². The van der Waals surface area contributed by atoms with Crippen LogP contribution in [0.3, 0.4) is 0 Å². The molecule has 0 unspecified atom stereocenters. The van der Waals surface area contributed by atoms with E-state index in [-0.39, 0.29) is 34.4 Å². The van der Waals surface area contributed by atoms with Gasteiger partial charge in [0.05, 0.1) is 17.5 Å². The van der Waals surface area contributed by atoms with Crippen LogP contribution in [0, 0.1) is 11.3 Å². The summed E-state index contributed by atoms with van der Waals surface area (Å²) in [4.78, 5) is 13.7. The van der Waals surface area contributed by atoms with Gasteiger partial charge in [-0.25, -0.2) is 8.42 Å². The lowest BCUT2D eigenvalue weighted by Crippen LogP contribution is -2.36. The Labute approximate surface area is 147 Å². The highest BCUT2D eigenvalue weighted by Crippen LogP contribution is 2.28. The molecule has 1 aliphatic heterocycles. The van der Waals surface area contributed by atoms with Gasteiger partial charge in [0, 0.05) is 32.2 Å². The molecular weight excluding hydrogens is 350 g/mol. The number of hydrogen-bond acceptors (Lipinski definition) is 4. The number of sulfonamides is 1. The second-order valence-corrected chi connectivity index (χ2v) is 8.06. The third kappa shape index (κ3) is 4.07. The summed E-state index contributed by atoms with van der Waals surface area (Å²) in [6.45, 7) is 1.23. The number of nitrogens with zero attached hydrogens (tertiary/aromatic N) is 3. The van der Waals surface area contributed by atoms with E-state index in [1.165, 1.54) is 27.4 Å². The van der Waals surface area contributed by atoms with Crippen molar-refractivity contribution in [1.82, 2.24) is 9.21 Å². The Balaban J connectivity index is 2.31. The summed E-state index contributed by atoms with van der Waals surface area (Å²) in [5, 5.41) is 8.72. The molecule has 0 bridgehead atoms. The van der Waals surface area contributed by atoms with E-state index in [4.69, 9.17) is 16.9 Å². The highest BCUT2D eigenvalue weighted by molar-refractivity contribution is 7.89. The molecule has 1 saturated heterocycles. The van der Waals surface area contributed by atoms with Crippen molar-refractivity contribution in [2.45, 2.75) is 30.6 Å².